The Hall–Kier alpha value is -1.12. The molecule has 8 heteroatoms. The van der Waals surface area contributed by atoms with Crippen molar-refractivity contribution in [1.82, 2.24) is 0 Å². The number of hydrogen-bond donors (Lipinski definition) is 1. The minimum atomic E-state index is -4.40. The van der Waals surface area contributed by atoms with Crippen molar-refractivity contribution in [2.45, 2.75) is 68.1 Å². The molecule has 2 fully saturated rings. The smallest absolute Gasteiger partial charge is 0.306 e. The van der Waals surface area contributed by atoms with Crippen molar-refractivity contribution >= 4 is 20.2 Å². The normalized spacial score (nSPS) is 20.2. The van der Waals surface area contributed by atoms with Crippen molar-refractivity contribution in [1.29, 1.82) is 0 Å². The maximum Gasteiger partial charge on any atom is 0.306 e. The molecule has 2 saturated carbocycles. The van der Waals surface area contributed by atoms with Gasteiger partial charge >= 0.3 is 10.1 Å². The lowest BCUT2D eigenvalue weighted by Crippen LogP contribution is -2.14. The van der Waals surface area contributed by atoms with Crippen LogP contribution in [0.4, 0.5) is 0 Å². The van der Waals surface area contributed by atoms with E-state index in [-0.39, 0.29) is 22.5 Å². The Bertz CT molecular complexity index is 808. The standard InChI is InChI=1S/C17H24O6S2/c1-24(18,19)23-14-10-15(12-6-2-3-7-12)17(25(20,21)22)16(11-14)13-8-4-5-9-13/h10-13H,2-9H2,1H3,(H,20,21,22). The van der Waals surface area contributed by atoms with Crippen molar-refractivity contribution in [3.63, 3.8) is 0 Å². The summed E-state index contributed by atoms with van der Waals surface area (Å²) in [6.45, 7) is 0. The summed E-state index contributed by atoms with van der Waals surface area (Å²) in [5, 5.41) is 0. The third-order valence-corrected chi connectivity index (χ3v) is 6.70. The lowest BCUT2D eigenvalue weighted by Gasteiger charge is -2.22. The molecule has 0 amide bonds. The van der Waals surface area contributed by atoms with Gasteiger partial charge in [0.2, 0.25) is 0 Å². The van der Waals surface area contributed by atoms with Crippen LogP contribution in [0.3, 0.4) is 0 Å². The molecule has 6 nitrogen and oxygen atoms in total. The second-order valence-corrected chi connectivity index (χ2v) is 10.1. The fourth-order valence-electron chi connectivity index (χ4n) is 4.25. The molecule has 1 aromatic carbocycles. The fraction of sp³-hybridized carbons (Fsp3) is 0.647. The molecule has 0 spiro atoms. The highest BCUT2D eigenvalue weighted by Crippen LogP contribution is 2.45. The van der Waals surface area contributed by atoms with Crippen molar-refractivity contribution < 1.29 is 25.6 Å². The second kappa shape index (κ2) is 6.89. The molecule has 1 N–H and O–H groups in total. The monoisotopic (exact) mass is 388 g/mol. The van der Waals surface area contributed by atoms with Gasteiger partial charge in [-0.3, -0.25) is 4.55 Å². The third kappa shape index (κ3) is 4.35. The van der Waals surface area contributed by atoms with Crippen molar-refractivity contribution in [3.8, 4) is 5.75 Å². The first-order chi connectivity index (χ1) is 11.6. The van der Waals surface area contributed by atoms with Gasteiger partial charge in [0, 0.05) is 0 Å². The minimum Gasteiger partial charge on any atom is -0.383 e. The van der Waals surface area contributed by atoms with E-state index in [0.717, 1.165) is 57.6 Å². The van der Waals surface area contributed by atoms with Gasteiger partial charge in [0.15, 0.2) is 0 Å². The predicted octanol–water partition coefficient (Wildman–Crippen LogP) is 3.59. The van der Waals surface area contributed by atoms with Gasteiger partial charge in [-0.25, -0.2) is 0 Å². The van der Waals surface area contributed by atoms with Crippen LogP contribution in [0.1, 0.15) is 74.3 Å². The maximum atomic E-state index is 12.2. The summed E-state index contributed by atoms with van der Waals surface area (Å²) in [4.78, 5) is -0.0212. The molecular weight excluding hydrogens is 364 g/mol. The molecule has 140 valence electrons. The van der Waals surface area contributed by atoms with E-state index >= 15 is 0 Å². The molecule has 0 unspecified atom stereocenters. The molecule has 3 rings (SSSR count). The van der Waals surface area contributed by atoms with Crippen LogP contribution >= 0.6 is 0 Å². The first-order valence-electron chi connectivity index (χ1n) is 8.70. The van der Waals surface area contributed by atoms with Crippen molar-refractivity contribution in [2.75, 3.05) is 6.26 Å². The summed E-state index contributed by atoms with van der Waals surface area (Å²) >= 11 is 0. The van der Waals surface area contributed by atoms with Gasteiger partial charge in [0.05, 0.1) is 6.26 Å². The Kier molecular flexibility index (Phi) is 5.14. The Labute approximate surface area is 149 Å². The molecule has 0 atom stereocenters. The van der Waals surface area contributed by atoms with Gasteiger partial charge in [0.25, 0.3) is 10.1 Å². The average molecular weight is 389 g/mol. The summed E-state index contributed by atoms with van der Waals surface area (Å²) in [6.07, 6.45) is 8.25. The Balaban J connectivity index is 2.21. The maximum absolute atomic E-state index is 12.2. The molecule has 0 aliphatic heterocycles. The Morgan fingerprint density at radius 1 is 0.880 bits per heavy atom. The van der Waals surface area contributed by atoms with E-state index < -0.39 is 20.2 Å². The van der Waals surface area contributed by atoms with Crippen molar-refractivity contribution in [3.05, 3.63) is 23.3 Å². The highest BCUT2D eigenvalue weighted by Gasteiger charge is 2.32. The quantitative estimate of drug-likeness (QED) is 0.611. The largest absolute Gasteiger partial charge is 0.383 e. The van der Waals surface area contributed by atoms with Crippen LogP contribution in [0.5, 0.6) is 5.75 Å². The van der Waals surface area contributed by atoms with Gasteiger partial charge in [0.1, 0.15) is 10.6 Å². The van der Waals surface area contributed by atoms with Gasteiger partial charge < -0.3 is 4.18 Å². The fourth-order valence-corrected chi connectivity index (χ4v) is 5.74. The van der Waals surface area contributed by atoms with Crippen LogP contribution in [0.2, 0.25) is 0 Å². The number of hydrogen-bond acceptors (Lipinski definition) is 5. The highest BCUT2D eigenvalue weighted by atomic mass is 32.2. The molecule has 2 aliphatic rings. The summed E-state index contributed by atoms with van der Waals surface area (Å²) < 4.78 is 62.5. The van der Waals surface area contributed by atoms with E-state index in [0.29, 0.717) is 11.1 Å². The second-order valence-electron chi connectivity index (χ2n) is 7.16. The van der Waals surface area contributed by atoms with Crippen LogP contribution in [0, 0.1) is 0 Å². The van der Waals surface area contributed by atoms with E-state index in [4.69, 9.17) is 4.18 Å². The summed E-state index contributed by atoms with van der Waals surface area (Å²) in [6, 6.07) is 2.97. The van der Waals surface area contributed by atoms with Gasteiger partial charge in [-0.05, 0) is 60.8 Å². The summed E-state index contributed by atoms with van der Waals surface area (Å²) in [5.74, 6) is 0.138. The predicted molar refractivity (Wildman–Crippen MR) is 94.1 cm³/mol. The summed E-state index contributed by atoms with van der Waals surface area (Å²) in [5.41, 5.74) is 1.01. The minimum absolute atomic E-state index is 0.000174. The molecule has 0 radical (unpaired) electrons. The number of rotatable bonds is 5. The van der Waals surface area contributed by atoms with Crippen LogP contribution in [0.15, 0.2) is 17.0 Å². The van der Waals surface area contributed by atoms with E-state index in [1.807, 2.05) is 0 Å². The van der Waals surface area contributed by atoms with Crippen LogP contribution in [0.25, 0.3) is 0 Å². The van der Waals surface area contributed by atoms with E-state index in [1.165, 1.54) is 12.1 Å². The van der Waals surface area contributed by atoms with Gasteiger partial charge in [-0.15, -0.1) is 0 Å². The first-order valence-corrected chi connectivity index (χ1v) is 12.0. The summed E-state index contributed by atoms with van der Waals surface area (Å²) in [7, 11) is -8.12. The zero-order chi connectivity index (χ0) is 18.2. The van der Waals surface area contributed by atoms with Gasteiger partial charge in [-0.2, -0.15) is 16.8 Å². The van der Waals surface area contributed by atoms with E-state index in [1.54, 1.807) is 0 Å². The zero-order valence-corrected chi connectivity index (χ0v) is 15.9. The molecule has 1 aromatic rings. The Morgan fingerprint density at radius 2 is 1.28 bits per heavy atom. The molecule has 0 bridgehead atoms. The van der Waals surface area contributed by atoms with Crippen LogP contribution in [-0.2, 0) is 20.2 Å². The zero-order valence-electron chi connectivity index (χ0n) is 14.3. The molecular formula is C17H24O6S2. The van der Waals surface area contributed by atoms with Crippen LogP contribution < -0.4 is 4.18 Å². The molecule has 2 aliphatic carbocycles. The third-order valence-electron chi connectivity index (χ3n) is 5.22. The lowest BCUT2D eigenvalue weighted by atomic mass is 9.90. The highest BCUT2D eigenvalue weighted by molar-refractivity contribution is 7.86. The molecule has 0 aromatic heterocycles. The number of benzene rings is 1. The average Bonchev–Trinajstić information content (AvgIpc) is 3.17. The molecule has 0 saturated heterocycles. The van der Waals surface area contributed by atoms with E-state index in [9.17, 15) is 21.4 Å². The van der Waals surface area contributed by atoms with Crippen LogP contribution in [-0.4, -0.2) is 27.6 Å². The lowest BCUT2D eigenvalue weighted by molar-refractivity contribution is 0.475. The van der Waals surface area contributed by atoms with E-state index in [2.05, 4.69) is 0 Å². The molecule has 0 heterocycles. The SMILES string of the molecule is CS(=O)(=O)Oc1cc(C2CCCC2)c(S(=O)(=O)O)c(C2CCCC2)c1. The van der Waals surface area contributed by atoms with Gasteiger partial charge in [-0.1, -0.05) is 25.7 Å². The van der Waals surface area contributed by atoms with Crippen molar-refractivity contribution in [2.24, 2.45) is 0 Å². The topological polar surface area (TPSA) is 97.7 Å². The first kappa shape index (κ1) is 18.7. The molecule has 25 heavy (non-hydrogen) atoms. The Morgan fingerprint density at radius 3 is 1.60 bits per heavy atom.